The predicted octanol–water partition coefficient (Wildman–Crippen LogP) is 6.83. The molecular weight excluding hydrogens is 302 g/mol. The molecule has 4 aliphatic carbocycles. The molecular formula is C24H39N. The molecule has 1 heteroatoms. The summed E-state index contributed by atoms with van der Waals surface area (Å²) < 4.78 is 0. The minimum Gasteiger partial charge on any atom is -0.297 e. The number of hydrogen-bond donors (Lipinski definition) is 0. The zero-order valence-corrected chi connectivity index (χ0v) is 17.5. The summed E-state index contributed by atoms with van der Waals surface area (Å²) in [4.78, 5) is 4.65. The molecule has 6 atom stereocenters. The Morgan fingerprint density at radius 2 is 1.68 bits per heavy atom. The number of allylic oxidation sites excluding steroid dienone is 2. The molecule has 0 aliphatic heterocycles. The summed E-state index contributed by atoms with van der Waals surface area (Å²) in [6.45, 7) is 12.9. The Morgan fingerprint density at radius 3 is 2.40 bits per heavy atom. The Labute approximate surface area is 155 Å². The SMILES string of the molecule is C/N=C(\C)C1CCC2(C)C3CCC4=CCCCC4(C)C3(C)CCC12C. The molecule has 0 bridgehead atoms. The van der Waals surface area contributed by atoms with E-state index in [1.165, 1.54) is 63.5 Å². The molecule has 4 aliphatic rings. The van der Waals surface area contributed by atoms with Gasteiger partial charge in [-0.25, -0.2) is 0 Å². The lowest BCUT2D eigenvalue weighted by molar-refractivity contribution is -0.160. The van der Waals surface area contributed by atoms with Crippen molar-refractivity contribution in [2.24, 2.45) is 38.5 Å². The highest BCUT2D eigenvalue weighted by Gasteiger charge is 2.68. The van der Waals surface area contributed by atoms with Gasteiger partial charge >= 0.3 is 0 Å². The van der Waals surface area contributed by atoms with E-state index in [1.54, 1.807) is 0 Å². The van der Waals surface area contributed by atoms with Crippen LogP contribution < -0.4 is 0 Å². The lowest BCUT2D eigenvalue weighted by Crippen LogP contribution is -2.61. The standard InChI is InChI=1S/C24H39N/c1-17(25-6)19-12-14-23(4)20-11-10-18-9-7-8-13-21(18,2)24(20,5)16-15-22(19,23)3/h9,19-20H,7-8,10-16H2,1-6H3/b25-17+. The van der Waals surface area contributed by atoms with Crippen LogP contribution in [0.3, 0.4) is 0 Å². The van der Waals surface area contributed by atoms with Gasteiger partial charge in [-0.3, -0.25) is 4.99 Å². The van der Waals surface area contributed by atoms with Gasteiger partial charge in [0, 0.05) is 18.7 Å². The summed E-state index contributed by atoms with van der Waals surface area (Å²) in [7, 11) is 2.00. The third-order valence-corrected chi connectivity index (χ3v) is 10.5. The van der Waals surface area contributed by atoms with E-state index < -0.39 is 0 Å². The molecule has 0 spiro atoms. The normalized spacial score (nSPS) is 52.9. The molecule has 3 saturated carbocycles. The van der Waals surface area contributed by atoms with E-state index in [2.05, 4.69) is 45.7 Å². The van der Waals surface area contributed by atoms with Crippen LogP contribution in [-0.2, 0) is 0 Å². The second-order valence-corrected chi connectivity index (χ2v) is 10.8. The topological polar surface area (TPSA) is 12.4 Å². The molecule has 1 nitrogen and oxygen atoms in total. The predicted molar refractivity (Wildman–Crippen MR) is 108 cm³/mol. The minimum absolute atomic E-state index is 0.451. The van der Waals surface area contributed by atoms with E-state index in [1.807, 2.05) is 12.6 Å². The molecule has 3 fully saturated rings. The van der Waals surface area contributed by atoms with Gasteiger partial charge in [0.25, 0.3) is 0 Å². The first-order chi connectivity index (χ1) is 11.7. The van der Waals surface area contributed by atoms with Gasteiger partial charge in [-0.1, -0.05) is 39.3 Å². The summed E-state index contributed by atoms with van der Waals surface area (Å²) in [6, 6.07) is 0. The highest BCUT2D eigenvalue weighted by molar-refractivity contribution is 5.85. The number of nitrogens with zero attached hydrogens (tertiary/aromatic N) is 1. The Bertz CT molecular complexity index is 630. The van der Waals surface area contributed by atoms with Crippen LogP contribution >= 0.6 is 0 Å². The molecule has 0 radical (unpaired) electrons. The fraction of sp³-hybridized carbons (Fsp3) is 0.875. The van der Waals surface area contributed by atoms with Crippen LogP contribution in [0.5, 0.6) is 0 Å². The van der Waals surface area contributed by atoms with Crippen LogP contribution in [0, 0.1) is 33.5 Å². The van der Waals surface area contributed by atoms with E-state index in [-0.39, 0.29) is 0 Å². The third-order valence-electron chi connectivity index (χ3n) is 10.5. The van der Waals surface area contributed by atoms with Crippen molar-refractivity contribution < 1.29 is 0 Å². The summed E-state index contributed by atoms with van der Waals surface area (Å²) >= 11 is 0. The molecule has 0 heterocycles. The number of fused-ring (bicyclic) bond motifs is 5. The van der Waals surface area contributed by atoms with Crippen molar-refractivity contribution >= 4 is 5.71 Å². The number of hydrogen-bond acceptors (Lipinski definition) is 1. The van der Waals surface area contributed by atoms with Crippen LogP contribution in [-0.4, -0.2) is 12.8 Å². The van der Waals surface area contributed by atoms with Crippen LogP contribution in [0.2, 0.25) is 0 Å². The van der Waals surface area contributed by atoms with Crippen molar-refractivity contribution in [3.8, 4) is 0 Å². The van der Waals surface area contributed by atoms with Crippen LogP contribution in [0.4, 0.5) is 0 Å². The first-order valence-corrected chi connectivity index (χ1v) is 10.9. The van der Waals surface area contributed by atoms with Crippen molar-refractivity contribution in [1.82, 2.24) is 0 Å². The third kappa shape index (κ3) is 1.99. The first kappa shape index (κ1) is 17.8. The maximum atomic E-state index is 4.65. The minimum atomic E-state index is 0.451. The number of rotatable bonds is 1. The summed E-state index contributed by atoms with van der Waals surface area (Å²) in [5.41, 5.74) is 5.14. The molecule has 25 heavy (non-hydrogen) atoms. The van der Waals surface area contributed by atoms with E-state index in [0.29, 0.717) is 27.6 Å². The van der Waals surface area contributed by atoms with E-state index >= 15 is 0 Å². The van der Waals surface area contributed by atoms with E-state index in [0.717, 1.165) is 5.92 Å². The Morgan fingerprint density at radius 1 is 0.960 bits per heavy atom. The Kier molecular flexibility index (Phi) is 3.89. The van der Waals surface area contributed by atoms with Crippen molar-refractivity contribution in [2.75, 3.05) is 7.05 Å². The fourth-order valence-electron chi connectivity index (χ4n) is 8.45. The Hall–Kier alpha value is -0.590. The van der Waals surface area contributed by atoms with E-state index in [9.17, 15) is 0 Å². The van der Waals surface area contributed by atoms with Gasteiger partial charge in [-0.05, 0) is 92.3 Å². The van der Waals surface area contributed by atoms with Gasteiger partial charge in [0.2, 0.25) is 0 Å². The highest BCUT2D eigenvalue weighted by atomic mass is 14.8. The monoisotopic (exact) mass is 341 g/mol. The van der Waals surface area contributed by atoms with Crippen molar-refractivity contribution in [2.45, 2.75) is 92.4 Å². The first-order valence-electron chi connectivity index (χ1n) is 10.9. The molecule has 0 aromatic carbocycles. The molecule has 4 rings (SSSR count). The summed E-state index contributed by atoms with van der Waals surface area (Å²) in [6.07, 6.45) is 15.2. The van der Waals surface area contributed by atoms with Crippen molar-refractivity contribution in [3.63, 3.8) is 0 Å². The quantitative estimate of drug-likeness (QED) is 0.366. The largest absolute Gasteiger partial charge is 0.297 e. The van der Waals surface area contributed by atoms with Crippen LogP contribution in [0.25, 0.3) is 0 Å². The van der Waals surface area contributed by atoms with E-state index in [4.69, 9.17) is 0 Å². The molecule has 0 N–H and O–H groups in total. The molecule has 0 aromatic heterocycles. The van der Waals surface area contributed by atoms with Gasteiger partial charge in [0.1, 0.15) is 0 Å². The zero-order chi connectivity index (χ0) is 18.1. The zero-order valence-electron chi connectivity index (χ0n) is 17.5. The van der Waals surface area contributed by atoms with Crippen LogP contribution in [0.1, 0.15) is 92.4 Å². The fourth-order valence-corrected chi connectivity index (χ4v) is 8.45. The molecule has 0 saturated heterocycles. The van der Waals surface area contributed by atoms with Crippen molar-refractivity contribution in [3.05, 3.63) is 11.6 Å². The van der Waals surface area contributed by atoms with Gasteiger partial charge in [0.15, 0.2) is 0 Å². The summed E-state index contributed by atoms with van der Waals surface area (Å²) in [5, 5.41) is 0. The Balaban J connectivity index is 1.78. The molecule has 0 amide bonds. The summed E-state index contributed by atoms with van der Waals surface area (Å²) in [5.74, 6) is 1.59. The van der Waals surface area contributed by atoms with Gasteiger partial charge in [-0.15, -0.1) is 0 Å². The molecule has 140 valence electrons. The average Bonchev–Trinajstić information content (AvgIpc) is 2.87. The van der Waals surface area contributed by atoms with Gasteiger partial charge < -0.3 is 0 Å². The second-order valence-electron chi connectivity index (χ2n) is 10.8. The van der Waals surface area contributed by atoms with Gasteiger partial charge in [-0.2, -0.15) is 0 Å². The highest BCUT2D eigenvalue weighted by Crippen LogP contribution is 2.76. The van der Waals surface area contributed by atoms with Gasteiger partial charge in [0.05, 0.1) is 0 Å². The van der Waals surface area contributed by atoms with Crippen molar-refractivity contribution in [1.29, 1.82) is 0 Å². The van der Waals surface area contributed by atoms with Crippen LogP contribution in [0.15, 0.2) is 16.6 Å². The lowest BCUT2D eigenvalue weighted by Gasteiger charge is -2.68. The maximum Gasteiger partial charge on any atom is 0.0276 e. The molecule has 6 unspecified atom stereocenters. The lowest BCUT2D eigenvalue weighted by atomic mass is 9.36. The maximum absolute atomic E-state index is 4.65. The number of aliphatic imine (C=N–C) groups is 1. The second kappa shape index (κ2) is 5.46. The molecule has 0 aromatic rings. The smallest absolute Gasteiger partial charge is 0.0276 e. The average molecular weight is 342 g/mol.